The summed E-state index contributed by atoms with van der Waals surface area (Å²) < 4.78 is 11.1. The summed E-state index contributed by atoms with van der Waals surface area (Å²) in [5.74, 6) is 0.544. The quantitative estimate of drug-likeness (QED) is 0.304. The van der Waals surface area contributed by atoms with Gasteiger partial charge in [-0.25, -0.2) is 0 Å². The van der Waals surface area contributed by atoms with Crippen LogP contribution in [0.4, 0.5) is 11.6 Å². The summed E-state index contributed by atoms with van der Waals surface area (Å²) in [6.07, 6.45) is 0. The molecule has 0 radical (unpaired) electrons. The molecule has 12 heteroatoms. The first kappa shape index (κ1) is 20.3. The van der Waals surface area contributed by atoms with Gasteiger partial charge in [0.1, 0.15) is 11.5 Å². The number of ether oxygens (including phenoxy) is 2. The Morgan fingerprint density at radius 2 is 0.906 bits per heavy atom. The minimum Gasteiger partial charge on any atom is -0.436 e. The molecule has 4 rings (SSSR count). The number of nitrogens with zero attached hydrogens (tertiary/aromatic N) is 6. The molecule has 0 atom stereocenters. The highest BCUT2D eigenvalue weighted by Crippen LogP contribution is 2.28. The molecule has 0 amide bonds. The summed E-state index contributed by atoms with van der Waals surface area (Å²) in [4.78, 5) is 20.0. The van der Waals surface area contributed by atoms with E-state index in [9.17, 15) is 20.2 Å². The van der Waals surface area contributed by atoms with Crippen molar-refractivity contribution < 1.29 is 19.3 Å². The Hall–Kier alpha value is -5.00. The third-order valence-corrected chi connectivity index (χ3v) is 4.11. The molecule has 0 unspecified atom stereocenters. The van der Waals surface area contributed by atoms with Gasteiger partial charge in [-0.2, -0.15) is 0 Å². The molecule has 0 aliphatic rings. The van der Waals surface area contributed by atoms with Gasteiger partial charge >= 0.3 is 11.6 Å². The molecule has 12 nitrogen and oxygen atoms in total. The topological polar surface area (TPSA) is 156 Å². The largest absolute Gasteiger partial charge is 0.436 e. The molecule has 2 aromatic heterocycles. The van der Waals surface area contributed by atoms with E-state index in [0.29, 0.717) is 11.5 Å². The summed E-state index contributed by atoms with van der Waals surface area (Å²) in [5.41, 5.74) is 1.82. The normalized spacial score (nSPS) is 10.4. The Bertz CT molecular complexity index is 1150. The highest BCUT2D eigenvalue weighted by atomic mass is 16.6. The molecule has 0 bridgehead atoms. The molecule has 0 spiro atoms. The number of aromatic nitrogens is 4. The maximum atomic E-state index is 10.6. The van der Waals surface area contributed by atoms with Crippen molar-refractivity contribution in [2.45, 2.75) is 0 Å². The van der Waals surface area contributed by atoms with Gasteiger partial charge in [-0.3, -0.25) is 0 Å². The Morgan fingerprint density at radius 3 is 1.19 bits per heavy atom. The van der Waals surface area contributed by atoms with Gasteiger partial charge < -0.3 is 29.7 Å². The molecule has 2 aromatic carbocycles. The molecule has 0 aliphatic carbocycles. The fourth-order valence-corrected chi connectivity index (χ4v) is 2.60. The maximum absolute atomic E-state index is 10.6. The molecule has 2 heterocycles. The zero-order chi connectivity index (χ0) is 22.5. The third-order valence-electron chi connectivity index (χ3n) is 4.11. The first-order valence-corrected chi connectivity index (χ1v) is 9.00. The lowest BCUT2D eigenvalue weighted by atomic mass is 10.1. The monoisotopic (exact) mass is 432 g/mol. The van der Waals surface area contributed by atoms with Crippen LogP contribution in [-0.4, -0.2) is 30.2 Å². The second-order valence-corrected chi connectivity index (χ2v) is 6.23. The second-order valence-electron chi connectivity index (χ2n) is 6.23. The molecule has 0 saturated heterocycles. The van der Waals surface area contributed by atoms with Gasteiger partial charge in [0.05, 0.1) is 10.2 Å². The van der Waals surface area contributed by atoms with Crippen LogP contribution in [0.1, 0.15) is 0 Å². The van der Waals surface area contributed by atoms with Crippen LogP contribution in [-0.2, 0) is 0 Å². The van der Waals surface area contributed by atoms with E-state index in [1.807, 2.05) is 24.3 Å². The average Bonchev–Trinajstić information content (AvgIpc) is 2.81. The molecule has 158 valence electrons. The number of rotatable bonds is 7. The summed E-state index contributed by atoms with van der Waals surface area (Å²) in [5, 5.41) is 35.5. The predicted molar refractivity (Wildman–Crippen MR) is 109 cm³/mol. The van der Waals surface area contributed by atoms with Crippen molar-refractivity contribution >= 4 is 11.6 Å². The number of hydrogen-bond donors (Lipinski definition) is 0. The summed E-state index contributed by atoms with van der Waals surface area (Å²) >= 11 is 0. The average molecular weight is 432 g/mol. The van der Waals surface area contributed by atoms with Crippen molar-refractivity contribution in [1.29, 1.82) is 0 Å². The molecule has 32 heavy (non-hydrogen) atoms. The standard InChI is InChI=1S/C20H12N6O6/c27-25(28)17-9-11-19(23-21-17)31-15-5-1-13(2-6-15)14-3-7-16(8-4-14)32-20-12-10-18(22-24-20)26(29)30/h1-12H. The van der Waals surface area contributed by atoms with Crippen LogP contribution in [0.2, 0.25) is 0 Å². The van der Waals surface area contributed by atoms with Gasteiger partial charge in [-0.05, 0) is 45.2 Å². The first-order chi connectivity index (χ1) is 15.5. The Labute approximate surface area is 179 Å². The summed E-state index contributed by atoms with van der Waals surface area (Å²) in [6.45, 7) is 0. The molecule has 0 N–H and O–H groups in total. The van der Waals surface area contributed by atoms with Crippen LogP contribution >= 0.6 is 0 Å². The zero-order valence-electron chi connectivity index (χ0n) is 16.1. The van der Waals surface area contributed by atoms with Gasteiger partial charge in [0.15, 0.2) is 0 Å². The van der Waals surface area contributed by atoms with E-state index in [1.54, 1.807) is 24.3 Å². The number of hydrogen-bond acceptors (Lipinski definition) is 10. The molecule has 0 fully saturated rings. The van der Waals surface area contributed by atoms with Gasteiger partial charge in [0, 0.05) is 34.5 Å². The lowest BCUT2D eigenvalue weighted by Gasteiger charge is -2.07. The van der Waals surface area contributed by atoms with Crippen molar-refractivity contribution in [2.24, 2.45) is 0 Å². The molecular formula is C20H12N6O6. The second kappa shape index (κ2) is 8.79. The van der Waals surface area contributed by atoms with Gasteiger partial charge in [-0.15, -0.1) is 0 Å². The Morgan fingerprint density at radius 1 is 0.531 bits per heavy atom. The van der Waals surface area contributed by atoms with Crippen LogP contribution in [0.3, 0.4) is 0 Å². The SMILES string of the molecule is O=[N+]([O-])c1ccc(Oc2ccc(-c3ccc(Oc4ccc([N+](=O)[O-])nn4)cc3)cc2)nn1. The van der Waals surface area contributed by atoms with Gasteiger partial charge in [0.2, 0.25) is 0 Å². The third kappa shape index (κ3) is 4.76. The van der Waals surface area contributed by atoms with Crippen molar-refractivity contribution in [1.82, 2.24) is 20.4 Å². The van der Waals surface area contributed by atoms with Crippen molar-refractivity contribution in [3.63, 3.8) is 0 Å². The van der Waals surface area contributed by atoms with E-state index in [2.05, 4.69) is 20.4 Å². The van der Waals surface area contributed by atoms with Crippen LogP contribution in [0.5, 0.6) is 23.3 Å². The van der Waals surface area contributed by atoms with E-state index in [-0.39, 0.29) is 23.4 Å². The highest BCUT2D eigenvalue weighted by Gasteiger charge is 2.11. The van der Waals surface area contributed by atoms with E-state index >= 15 is 0 Å². The summed E-state index contributed by atoms with van der Waals surface area (Å²) in [7, 11) is 0. The Balaban J connectivity index is 1.40. The van der Waals surface area contributed by atoms with Crippen molar-refractivity contribution in [2.75, 3.05) is 0 Å². The molecule has 4 aromatic rings. The minimum absolute atomic E-state index is 0.138. The predicted octanol–water partition coefficient (Wildman–Crippen LogP) is 4.33. The van der Waals surface area contributed by atoms with Gasteiger partial charge in [-0.1, -0.05) is 24.3 Å². The lowest BCUT2D eigenvalue weighted by molar-refractivity contribution is -0.390. The zero-order valence-corrected chi connectivity index (χ0v) is 16.1. The number of nitro groups is 2. The van der Waals surface area contributed by atoms with Crippen LogP contribution in [0.15, 0.2) is 72.8 Å². The lowest BCUT2D eigenvalue weighted by Crippen LogP contribution is -1.96. The highest BCUT2D eigenvalue weighted by molar-refractivity contribution is 5.65. The van der Waals surface area contributed by atoms with Crippen LogP contribution in [0.25, 0.3) is 11.1 Å². The fraction of sp³-hybridized carbons (Fsp3) is 0. The van der Waals surface area contributed by atoms with Gasteiger partial charge in [0.25, 0.3) is 11.8 Å². The van der Waals surface area contributed by atoms with E-state index < -0.39 is 9.85 Å². The van der Waals surface area contributed by atoms with E-state index in [1.165, 1.54) is 24.3 Å². The minimum atomic E-state index is -0.638. The van der Waals surface area contributed by atoms with E-state index in [0.717, 1.165) is 11.1 Å². The van der Waals surface area contributed by atoms with Crippen LogP contribution < -0.4 is 9.47 Å². The summed E-state index contributed by atoms with van der Waals surface area (Å²) in [6, 6.07) is 19.4. The Kier molecular flexibility index (Phi) is 5.57. The first-order valence-electron chi connectivity index (χ1n) is 9.00. The van der Waals surface area contributed by atoms with Crippen molar-refractivity contribution in [3.05, 3.63) is 93.0 Å². The van der Waals surface area contributed by atoms with Crippen molar-refractivity contribution in [3.8, 4) is 34.4 Å². The fourth-order valence-electron chi connectivity index (χ4n) is 2.60. The molecular weight excluding hydrogens is 420 g/mol. The molecule has 0 saturated carbocycles. The maximum Gasteiger partial charge on any atom is 0.390 e. The van der Waals surface area contributed by atoms with E-state index in [4.69, 9.17) is 9.47 Å². The number of benzene rings is 2. The molecule has 0 aliphatic heterocycles. The smallest absolute Gasteiger partial charge is 0.390 e. The van der Waals surface area contributed by atoms with Crippen LogP contribution in [0, 0.1) is 20.2 Å².